The highest BCUT2D eigenvalue weighted by Gasteiger charge is 2.27. The average Bonchev–Trinajstić information content (AvgIpc) is 3.42. The van der Waals surface area contributed by atoms with Crippen molar-refractivity contribution in [2.75, 3.05) is 19.6 Å². The lowest BCUT2D eigenvalue weighted by molar-refractivity contribution is 0.0750. The lowest BCUT2D eigenvalue weighted by atomic mass is 10.2. The molecule has 1 aromatic carbocycles. The van der Waals surface area contributed by atoms with Gasteiger partial charge in [0.25, 0.3) is 5.91 Å². The molecule has 0 aliphatic carbocycles. The summed E-state index contributed by atoms with van der Waals surface area (Å²) in [5.74, 6) is -0.136. The smallest absolute Gasteiger partial charge is 0.254 e. The normalized spacial score (nSPS) is 15.1. The van der Waals surface area contributed by atoms with Crippen molar-refractivity contribution < 1.29 is 13.2 Å². The van der Waals surface area contributed by atoms with E-state index < -0.39 is 10.0 Å². The van der Waals surface area contributed by atoms with E-state index in [9.17, 15) is 13.2 Å². The van der Waals surface area contributed by atoms with Gasteiger partial charge in [0.05, 0.1) is 23.3 Å². The first-order valence-corrected chi connectivity index (χ1v) is 11.2. The lowest BCUT2D eigenvalue weighted by Gasteiger charge is -2.21. The average molecular weight is 413 g/mol. The highest BCUT2D eigenvalue weighted by molar-refractivity contribution is 7.89. The Hall–Kier alpha value is -2.71. The molecule has 3 heterocycles. The minimum Gasteiger partial charge on any atom is -0.333 e. The van der Waals surface area contributed by atoms with Gasteiger partial charge < -0.3 is 9.30 Å². The van der Waals surface area contributed by atoms with Crippen LogP contribution in [0.2, 0.25) is 0 Å². The fourth-order valence-corrected chi connectivity index (χ4v) is 5.17. The van der Waals surface area contributed by atoms with E-state index in [1.54, 1.807) is 23.2 Å². The number of carbonyl (C=O) groups excluding carboxylic acids is 1. The summed E-state index contributed by atoms with van der Waals surface area (Å²) in [4.78, 5) is 19.3. The van der Waals surface area contributed by atoms with Crippen molar-refractivity contribution in [2.45, 2.75) is 31.2 Å². The predicted octanol–water partition coefficient (Wildman–Crippen LogP) is 2.78. The quantitative estimate of drug-likeness (QED) is 0.624. The van der Waals surface area contributed by atoms with Crippen LogP contribution in [0.3, 0.4) is 0 Å². The molecule has 1 fully saturated rings. The Morgan fingerprint density at radius 2 is 1.83 bits per heavy atom. The number of hydrogen-bond donors (Lipinski definition) is 0. The van der Waals surface area contributed by atoms with Crippen molar-refractivity contribution in [3.8, 4) is 0 Å². The molecule has 0 N–H and O–H groups in total. The first-order valence-electron chi connectivity index (χ1n) is 9.81. The zero-order chi connectivity index (χ0) is 20.4. The maximum atomic E-state index is 13.0. The number of nitrogens with zero attached hydrogens (tertiary/aromatic N) is 4. The van der Waals surface area contributed by atoms with Crippen LogP contribution >= 0.6 is 0 Å². The zero-order valence-electron chi connectivity index (χ0n) is 16.4. The topological polar surface area (TPSA) is 75.0 Å². The molecule has 3 aromatic rings. The lowest BCUT2D eigenvalue weighted by Crippen LogP contribution is -2.31. The number of carbonyl (C=O) groups is 1. The summed E-state index contributed by atoms with van der Waals surface area (Å²) < 4.78 is 28.8. The third kappa shape index (κ3) is 3.77. The van der Waals surface area contributed by atoms with Gasteiger partial charge in [-0.25, -0.2) is 13.4 Å². The molecule has 0 spiro atoms. The van der Waals surface area contributed by atoms with Gasteiger partial charge >= 0.3 is 0 Å². The maximum Gasteiger partial charge on any atom is 0.254 e. The van der Waals surface area contributed by atoms with Gasteiger partial charge in [-0.3, -0.25) is 4.79 Å². The second-order valence-electron chi connectivity index (χ2n) is 7.13. The number of aromatic nitrogens is 2. The van der Waals surface area contributed by atoms with E-state index in [1.165, 1.54) is 16.4 Å². The molecule has 7 nitrogen and oxygen atoms in total. The largest absolute Gasteiger partial charge is 0.333 e. The third-order valence-corrected chi connectivity index (χ3v) is 7.23. The molecule has 1 aliphatic rings. The van der Waals surface area contributed by atoms with E-state index in [0.717, 1.165) is 24.2 Å². The molecule has 4 rings (SSSR count). The molecule has 1 amide bonds. The molecule has 0 bridgehead atoms. The monoisotopic (exact) mass is 412 g/mol. The van der Waals surface area contributed by atoms with Crippen molar-refractivity contribution in [2.24, 2.45) is 0 Å². The molecule has 0 atom stereocenters. The van der Waals surface area contributed by atoms with E-state index in [-0.39, 0.29) is 10.8 Å². The van der Waals surface area contributed by atoms with Gasteiger partial charge in [0.2, 0.25) is 10.0 Å². The summed E-state index contributed by atoms with van der Waals surface area (Å²) in [6, 6.07) is 12.0. The first-order chi connectivity index (χ1) is 14.0. The van der Waals surface area contributed by atoms with E-state index in [1.807, 2.05) is 35.7 Å². The summed E-state index contributed by atoms with van der Waals surface area (Å²) in [6.07, 6.45) is 5.49. The number of benzene rings is 1. The molecular weight excluding hydrogens is 388 g/mol. The van der Waals surface area contributed by atoms with Crippen molar-refractivity contribution in [3.63, 3.8) is 0 Å². The summed E-state index contributed by atoms with van der Waals surface area (Å²) in [5.41, 5.74) is 2.23. The Balaban J connectivity index is 1.53. The van der Waals surface area contributed by atoms with Crippen molar-refractivity contribution in [1.82, 2.24) is 18.6 Å². The summed E-state index contributed by atoms with van der Waals surface area (Å²) >= 11 is 0. The van der Waals surface area contributed by atoms with Crippen LogP contribution in [0.1, 0.15) is 35.8 Å². The van der Waals surface area contributed by atoms with Crippen LogP contribution in [-0.4, -0.2) is 52.5 Å². The minimum absolute atomic E-state index is 0.136. The fraction of sp³-hybridized carbons (Fsp3) is 0.333. The molecule has 0 radical (unpaired) electrons. The van der Waals surface area contributed by atoms with E-state index >= 15 is 0 Å². The Morgan fingerprint density at radius 1 is 1.10 bits per heavy atom. The Morgan fingerprint density at radius 3 is 2.52 bits per heavy atom. The molecule has 0 unspecified atom stereocenters. The maximum absolute atomic E-state index is 13.0. The highest BCUT2D eigenvalue weighted by atomic mass is 32.2. The van der Waals surface area contributed by atoms with Crippen LogP contribution in [0.25, 0.3) is 5.65 Å². The summed E-state index contributed by atoms with van der Waals surface area (Å²) in [5, 5.41) is 0. The molecule has 8 heteroatoms. The van der Waals surface area contributed by atoms with E-state index in [0.29, 0.717) is 31.7 Å². The number of amides is 1. The fourth-order valence-electron chi connectivity index (χ4n) is 3.65. The summed E-state index contributed by atoms with van der Waals surface area (Å²) in [6.45, 7) is 4.01. The highest BCUT2D eigenvalue weighted by Crippen LogP contribution is 2.21. The van der Waals surface area contributed by atoms with E-state index in [4.69, 9.17) is 0 Å². The summed E-state index contributed by atoms with van der Waals surface area (Å²) in [7, 11) is -3.48. The van der Waals surface area contributed by atoms with Gasteiger partial charge in [0.15, 0.2) is 0 Å². The minimum atomic E-state index is -3.48. The van der Waals surface area contributed by atoms with Gasteiger partial charge in [-0.05, 0) is 56.2 Å². The Bertz CT molecular complexity index is 1120. The molecule has 2 aromatic heterocycles. The van der Waals surface area contributed by atoms with Crippen LogP contribution in [0.4, 0.5) is 0 Å². The molecule has 0 saturated carbocycles. The Labute approximate surface area is 170 Å². The number of sulfonamides is 1. The van der Waals surface area contributed by atoms with Crippen LogP contribution in [0, 0.1) is 0 Å². The van der Waals surface area contributed by atoms with Gasteiger partial charge in [0, 0.05) is 31.4 Å². The first kappa shape index (κ1) is 19.6. The third-order valence-electron chi connectivity index (χ3n) is 5.32. The predicted molar refractivity (Wildman–Crippen MR) is 110 cm³/mol. The standard InChI is InChI=1S/C21H24N4O3S/c1-2-23(16-18-15-22-20-7-3-4-14-25(18)20)21(26)17-8-10-19(11-9-17)29(27,28)24-12-5-6-13-24/h3-4,7-11,14-15H,2,5-6,12-13,16H2,1H3. The van der Waals surface area contributed by atoms with Crippen LogP contribution in [0.15, 0.2) is 59.8 Å². The SMILES string of the molecule is CCN(Cc1cnc2ccccn12)C(=O)c1ccc(S(=O)(=O)N2CCCC2)cc1. The molecule has 1 aliphatic heterocycles. The van der Waals surface area contributed by atoms with E-state index in [2.05, 4.69) is 4.98 Å². The van der Waals surface area contributed by atoms with Crippen molar-refractivity contribution in [1.29, 1.82) is 0 Å². The van der Waals surface area contributed by atoms with Crippen LogP contribution in [0.5, 0.6) is 0 Å². The molecule has 29 heavy (non-hydrogen) atoms. The van der Waals surface area contributed by atoms with Crippen LogP contribution < -0.4 is 0 Å². The number of imidazole rings is 1. The number of rotatable bonds is 6. The second kappa shape index (κ2) is 7.96. The molecular formula is C21H24N4O3S. The van der Waals surface area contributed by atoms with Gasteiger partial charge in [-0.15, -0.1) is 0 Å². The van der Waals surface area contributed by atoms with Crippen molar-refractivity contribution in [3.05, 3.63) is 66.1 Å². The second-order valence-corrected chi connectivity index (χ2v) is 9.07. The number of fused-ring (bicyclic) bond motifs is 1. The van der Waals surface area contributed by atoms with Gasteiger partial charge in [0.1, 0.15) is 5.65 Å². The van der Waals surface area contributed by atoms with Crippen molar-refractivity contribution >= 4 is 21.6 Å². The zero-order valence-corrected chi connectivity index (χ0v) is 17.2. The molecule has 1 saturated heterocycles. The Kier molecular flexibility index (Phi) is 5.38. The van der Waals surface area contributed by atoms with Crippen LogP contribution in [-0.2, 0) is 16.6 Å². The van der Waals surface area contributed by atoms with Gasteiger partial charge in [-0.2, -0.15) is 4.31 Å². The number of pyridine rings is 1. The number of hydrogen-bond acceptors (Lipinski definition) is 4. The molecule has 152 valence electrons. The van der Waals surface area contributed by atoms with Gasteiger partial charge in [-0.1, -0.05) is 6.07 Å².